The normalized spacial score (nSPS) is 12.5. The molecule has 1 aromatic rings. The summed E-state index contributed by atoms with van der Waals surface area (Å²) in [6.45, 7) is 3.13. The van der Waals surface area contributed by atoms with Crippen LogP contribution in [0, 0.1) is 0 Å². The van der Waals surface area contributed by atoms with E-state index in [9.17, 15) is 4.79 Å². The van der Waals surface area contributed by atoms with Gasteiger partial charge in [0, 0.05) is 6.54 Å². The van der Waals surface area contributed by atoms with Crippen LogP contribution in [0.5, 0.6) is 0 Å². The highest BCUT2D eigenvalue weighted by Gasteiger charge is 2.11. The molecule has 0 spiro atoms. The lowest BCUT2D eigenvalue weighted by Crippen LogP contribution is -2.20. The van der Waals surface area contributed by atoms with E-state index in [1.165, 1.54) is 0 Å². The zero-order valence-electron chi connectivity index (χ0n) is 11.1. The van der Waals surface area contributed by atoms with Gasteiger partial charge >= 0.3 is 5.97 Å². The van der Waals surface area contributed by atoms with Crippen molar-refractivity contribution in [2.75, 3.05) is 27.2 Å². The number of rotatable bonds is 6. The van der Waals surface area contributed by atoms with Gasteiger partial charge in [-0.3, -0.25) is 0 Å². The SMILES string of the molecule is CCC(Cl)c1cccc(C(=O)OCCN(C)C)c1. The van der Waals surface area contributed by atoms with Crippen LogP contribution in [0.4, 0.5) is 0 Å². The van der Waals surface area contributed by atoms with Crippen LogP contribution in [0.3, 0.4) is 0 Å². The molecule has 0 aliphatic heterocycles. The van der Waals surface area contributed by atoms with Crippen molar-refractivity contribution in [1.82, 2.24) is 4.90 Å². The number of carbonyl (C=O) groups excluding carboxylic acids is 1. The molecule has 4 heteroatoms. The lowest BCUT2D eigenvalue weighted by atomic mass is 10.1. The minimum absolute atomic E-state index is 0.0560. The van der Waals surface area contributed by atoms with Crippen molar-refractivity contribution < 1.29 is 9.53 Å². The number of ether oxygens (including phenoxy) is 1. The summed E-state index contributed by atoms with van der Waals surface area (Å²) in [5, 5.41) is -0.0560. The molecular weight excluding hydrogens is 250 g/mol. The average Bonchev–Trinajstić information content (AvgIpc) is 2.37. The second kappa shape index (κ2) is 7.39. The minimum atomic E-state index is -0.293. The van der Waals surface area contributed by atoms with Crippen LogP contribution < -0.4 is 0 Å². The Morgan fingerprint density at radius 3 is 2.78 bits per heavy atom. The van der Waals surface area contributed by atoms with Gasteiger partial charge in [0.05, 0.1) is 10.9 Å². The fourth-order valence-corrected chi connectivity index (χ4v) is 1.64. The van der Waals surface area contributed by atoms with Gasteiger partial charge in [-0.2, -0.15) is 0 Å². The first-order valence-corrected chi connectivity index (χ1v) is 6.54. The van der Waals surface area contributed by atoms with Gasteiger partial charge in [-0.05, 0) is 38.2 Å². The zero-order chi connectivity index (χ0) is 13.5. The van der Waals surface area contributed by atoms with Gasteiger partial charge in [-0.1, -0.05) is 19.1 Å². The molecule has 18 heavy (non-hydrogen) atoms. The second-order valence-electron chi connectivity index (χ2n) is 4.44. The molecule has 0 aliphatic rings. The van der Waals surface area contributed by atoms with E-state index in [4.69, 9.17) is 16.3 Å². The second-order valence-corrected chi connectivity index (χ2v) is 4.97. The highest BCUT2D eigenvalue weighted by atomic mass is 35.5. The summed E-state index contributed by atoms with van der Waals surface area (Å²) >= 11 is 6.15. The molecule has 0 bridgehead atoms. The van der Waals surface area contributed by atoms with Crippen LogP contribution in [-0.4, -0.2) is 38.1 Å². The van der Waals surface area contributed by atoms with E-state index >= 15 is 0 Å². The standard InChI is InChI=1S/C14H20ClNO2/c1-4-13(15)11-6-5-7-12(10-11)14(17)18-9-8-16(2)3/h5-7,10,13H,4,8-9H2,1-3H3. The third kappa shape index (κ3) is 4.67. The summed E-state index contributed by atoms with van der Waals surface area (Å²) in [5.74, 6) is -0.293. The van der Waals surface area contributed by atoms with Crippen LogP contribution in [-0.2, 0) is 4.74 Å². The van der Waals surface area contributed by atoms with Crippen molar-refractivity contribution in [1.29, 1.82) is 0 Å². The number of alkyl halides is 1. The van der Waals surface area contributed by atoms with E-state index in [-0.39, 0.29) is 11.3 Å². The largest absolute Gasteiger partial charge is 0.461 e. The fourth-order valence-electron chi connectivity index (χ4n) is 1.50. The summed E-state index contributed by atoms with van der Waals surface area (Å²) in [4.78, 5) is 13.8. The Morgan fingerprint density at radius 1 is 1.44 bits per heavy atom. The highest BCUT2D eigenvalue weighted by Crippen LogP contribution is 2.24. The lowest BCUT2D eigenvalue weighted by Gasteiger charge is -2.11. The molecular formula is C14H20ClNO2. The number of nitrogens with zero attached hydrogens (tertiary/aromatic N) is 1. The van der Waals surface area contributed by atoms with Crippen LogP contribution in [0.1, 0.15) is 34.6 Å². The topological polar surface area (TPSA) is 29.5 Å². The van der Waals surface area contributed by atoms with Crippen molar-refractivity contribution in [2.24, 2.45) is 0 Å². The number of hydrogen-bond donors (Lipinski definition) is 0. The van der Waals surface area contributed by atoms with Crippen LogP contribution in [0.25, 0.3) is 0 Å². The van der Waals surface area contributed by atoms with Crippen LogP contribution in [0.15, 0.2) is 24.3 Å². The third-order valence-corrected chi connectivity index (χ3v) is 3.17. The van der Waals surface area contributed by atoms with Gasteiger partial charge in [0.25, 0.3) is 0 Å². The Balaban J connectivity index is 2.62. The van der Waals surface area contributed by atoms with Gasteiger partial charge in [0.1, 0.15) is 6.61 Å². The molecule has 1 atom stereocenters. The van der Waals surface area contributed by atoms with Crippen molar-refractivity contribution in [3.63, 3.8) is 0 Å². The third-order valence-electron chi connectivity index (χ3n) is 2.61. The van der Waals surface area contributed by atoms with Gasteiger partial charge in [0.2, 0.25) is 0 Å². The van der Waals surface area contributed by atoms with Crippen molar-refractivity contribution in [2.45, 2.75) is 18.7 Å². The predicted molar refractivity (Wildman–Crippen MR) is 74.2 cm³/mol. The lowest BCUT2D eigenvalue weighted by molar-refractivity contribution is 0.0481. The molecule has 100 valence electrons. The fraction of sp³-hybridized carbons (Fsp3) is 0.500. The molecule has 0 fully saturated rings. The molecule has 0 saturated heterocycles. The number of halogens is 1. The first kappa shape index (κ1) is 15.0. The van der Waals surface area contributed by atoms with Gasteiger partial charge in [-0.25, -0.2) is 4.79 Å². The smallest absolute Gasteiger partial charge is 0.338 e. The van der Waals surface area contributed by atoms with Gasteiger partial charge in [0.15, 0.2) is 0 Å². The first-order chi connectivity index (χ1) is 8.54. The van der Waals surface area contributed by atoms with Crippen molar-refractivity contribution in [3.05, 3.63) is 35.4 Å². The Kier molecular flexibility index (Phi) is 6.16. The monoisotopic (exact) mass is 269 g/mol. The minimum Gasteiger partial charge on any atom is -0.461 e. The molecule has 0 N–H and O–H groups in total. The summed E-state index contributed by atoms with van der Waals surface area (Å²) in [6.07, 6.45) is 0.834. The number of carbonyl (C=O) groups is 1. The van der Waals surface area contributed by atoms with Crippen molar-refractivity contribution >= 4 is 17.6 Å². The van der Waals surface area contributed by atoms with Crippen LogP contribution in [0.2, 0.25) is 0 Å². The Bertz CT molecular complexity index is 393. The molecule has 0 radical (unpaired) electrons. The van der Waals surface area contributed by atoms with E-state index in [1.807, 2.05) is 38.1 Å². The Hall–Kier alpha value is -1.06. The molecule has 0 saturated carbocycles. The van der Waals surface area contributed by atoms with E-state index in [2.05, 4.69) is 0 Å². The quantitative estimate of drug-likeness (QED) is 0.587. The van der Waals surface area contributed by atoms with Crippen LogP contribution >= 0.6 is 11.6 Å². The highest BCUT2D eigenvalue weighted by molar-refractivity contribution is 6.20. The summed E-state index contributed by atoms with van der Waals surface area (Å²) in [6, 6.07) is 7.32. The van der Waals surface area contributed by atoms with E-state index in [1.54, 1.807) is 12.1 Å². The van der Waals surface area contributed by atoms with E-state index < -0.39 is 0 Å². The van der Waals surface area contributed by atoms with E-state index in [0.29, 0.717) is 12.2 Å². The number of likely N-dealkylation sites (N-methyl/N-ethyl adjacent to an activating group) is 1. The molecule has 0 amide bonds. The predicted octanol–water partition coefficient (Wildman–Crippen LogP) is 3.09. The molecule has 3 nitrogen and oxygen atoms in total. The first-order valence-electron chi connectivity index (χ1n) is 6.10. The molecule has 0 heterocycles. The van der Waals surface area contributed by atoms with E-state index in [0.717, 1.165) is 18.5 Å². The maximum Gasteiger partial charge on any atom is 0.338 e. The Labute approximate surface area is 114 Å². The molecule has 1 rings (SSSR count). The molecule has 1 aromatic carbocycles. The summed E-state index contributed by atoms with van der Waals surface area (Å²) in [5.41, 5.74) is 1.52. The molecule has 0 aromatic heterocycles. The molecule has 1 unspecified atom stereocenters. The van der Waals surface area contributed by atoms with Gasteiger partial charge < -0.3 is 9.64 Å². The maximum atomic E-state index is 11.8. The summed E-state index contributed by atoms with van der Waals surface area (Å²) < 4.78 is 5.18. The zero-order valence-corrected chi connectivity index (χ0v) is 11.9. The average molecular weight is 270 g/mol. The summed E-state index contributed by atoms with van der Waals surface area (Å²) in [7, 11) is 3.88. The van der Waals surface area contributed by atoms with Crippen molar-refractivity contribution in [3.8, 4) is 0 Å². The molecule has 0 aliphatic carbocycles. The number of hydrogen-bond acceptors (Lipinski definition) is 3. The Morgan fingerprint density at radius 2 is 2.17 bits per heavy atom. The van der Waals surface area contributed by atoms with Gasteiger partial charge in [-0.15, -0.1) is 11.6 Å². The number of benzene rings is 1. The number of esters is 1. The maximum absolute atomic E-state index is 11.8.